The lowest BCUT2D eigenvalue weighted by atomic mass is 9.85. The van der Waals surface area contributed by atoms with Crippen molar-refractivity contribution in [1.29, 1.82) is 0 Å². The van der Waals surface area contributed by atoms with E-state index in [4.69, 9.17) is 22.7 Å². The van der Waals surface area contributed by atoms with Crippen molar-refractivity contribution in [1.82, 2.24) is 14.8 Å². The van der Waals surface area contributed by atoms with Gasteiger partial charge in [0.2, 0.25) is 5.82 Å². The van der Waals surface area contributed by atoms with Crippen LogP contribution in [-0.4, -0.2) is 43.5 Å². The number of thioether (sulfide) groups is 1. The number of hydrogen-bond donors (Lipinski definition) is 1. The summed E-state index contributed by atoms with van der Waals surface area (Å²) >= 11 is 6.93. The van der Waals surface area contributed by atoms with Crippen LogP contribution in [0.15, 0.2) is 6.33 Å². The number of ether oxygens (including phenoxy) is 1. The Morgan fingerprint density at radius 3 is 3.00 bits per heavy atom. The van der Waals surface area contributed by atoms with Crippen molar-refractivity contribution in [2.45, 2.75) is 37.3 Å². The molecule has 2 fully saturated rings. The molecule has 1 aromatic rings. The van der Waals surface area contributed by atoms with Gasteiger partial charge in [-0.05, 0) is 37.2 Å². The summed E-state index contributed by atoms with van der Waals surface area (Å²) in [6.45, 7) is 0.803. The van der Waals surface area contributed by atoms with E-state index in [1.54, 1.807) is 6.33 Å². The van der Waals surface area contributed by atoms with Gasteiger partial charge in [-0.15, -0.1) is 5.10 Å². The zero-order chi connectivity index (χ0) is 13.3. The van der Waals surface area contributed by atoms with E-state index in [1.807, 2.05) is 16.4 Å². The number of nitrogens with zero attached hydrogens (tertiary/aromatic N) is 3. The van der Waals surface area contributed by atoms with Gasteiger partial charge in [0.25, 0.3) is 0 Å². The molecule has 3 heterocycles. The van der Waals surface area contributed by atoms with Gasteiger partial charge in [-0.3, -0.25) is 0 Å². The smallest absolute Gasteiger partial charge is 0.208 e. The van der Waals surface area contributed by atoms with Crippen LogP contribution in [0.4, 0.5) is 0 Å². The molecule has 5 nitrogen and oxygen atoms in total. The summed E-state index contributed by atoms with van der Waals surface area (Å²) in [4.78, 5) is 4.42. The first-order valence-electron chi connectivity index (χ1n) is 6.61. The Morgan fingerprint density at radius 1 is 1.53 bits per heavy atom. The van der Waals surface area contributed by atoms with Gasteiger partial charge in [-0.25, -0.2) is 9.67 Å². The molecule has 1 aromatic heterocycles. The highest BCUT2D eigenvalue weighted by molar-refractivity contribution is 7.99. The first-order valence-corrected chi connectivity index (χ1v) is 8.17. The molecular weight excluding hydrogens is 280 g/mol. The van der Waals surface area contributed by atoms with Crippen LogP contribution >= 0.6 is 24.0 Å². The molecule has 0 bridgehead atoms. The van der Waals surface area contributed by atoms with Gasteiger partial charge in [0.05, 0.1) is 11.6 Å². The van der Waals surface area contributed by atoms with Gasteiger partial charge in [-0.1, -0.05) is 12.2 Å². The van der Waals surface area contributed by atoms with E-state index in [0.29, 0.717) is 11.9 Å². The predicted molar refractivity (Wildman–Crippen MR) is 79.4 cm³/mol. The predicted octanol–water partition coefficient (Wildman–Crippen LogP) is 1.53. The zero-order valence-electron chi connectivity index (χ0n) is 10.7. The Morgan fingerprint density at radius 2 is 2.32 bits per heavy atom. The number of thiocarbonyl (C=S) groups is 1. The van der Waals surface area contributed by atoms with E-state index < -0.39 is 0 Å². The van der Waals surface area contributed by atoms with Crippen molar-refractivity contribution in [3.63, 3.8) is 0 Å². The molecule has 2 aliphatic rings. The van der Waals surface area contributed by atoms with E-state index in [9.17, 15) is 0 Å². The summed E-state index contributed by atoms with van der Waals surface area (Å²) in [6.07, 6.45) is 6.04. The summed E-state index contributed by atoms with van der Waals surface area (Å²) in [7, 11) is 0. The minimum atomic E-state index is 0.0590. The summed E-state index contributed by atoms with van der Waals surface area (Å²) < 4.78 is 8.00. The van der Waals surface area contributed by atoms with Crippen LogP contribution in [0.5, 0.6) is 0 Å². The largest absolute Gasteiger partial charge is 0.387 e. The van der Waals surface area contributed by atoms with Crippen molar-refractivity contribution in [3.8, 4) is 0 Å². The molecule has 3 rings (SSSR count). The molecule has 0 saturated carbocycles. The second-order valence-electron chi connectivity index (χ2n) is 5.20. The van der Waals surface area contributed by atoms with Gasteiger partial charge in [0.15, 0.2) is 0 Å². The molecule has 19 heavy (non-hydrogen) atoms. The lowest BCUT2D eigenvalue weighted by Crippen LogP contribution is -2.43. The second-order valence-corrected chi connectivity index (χ2v) is 6.87. The minimum Gasteiger partial charge on any atom is -0.387 e. The first-order chi connectivity index (χ1) is 9.19. The molecule has 1 unspecified atom stereocenters. The van der Waals surface area contributed by atoms with Crippen LogP contribution in [0.2, 0.25) is 0 Å². The van der Waals surface area contributed by atoms with E-state index in [-0.39, 0.29) is 10.6 Å². The van der Waals surface area contributed by atoms with E-state index in [0.717, 1.165) is 32.3 Å². The second kappa shape index (κ2) is 5.38. The normalized spacial score (nSPS) is 26.4. The maximum atomic E-state index is 6.09. The Labute approximate surface area is 122 Å². The number of hydrogen-bond acceptors (Lipinski definition) is 5. The van der Waals surface area contributed by atoms with Crippen molar-refractivity contribution >= 4 is 29.0 Å². The van der Waals surface area contributed by atoms with Gasteiger partial charge < -0.3 is 10.5 Å². The maximum absolute atomic E-state index is 6.09. The number of nitrogens with two attached hydrogens (primary N) is 1. The summed E-state index contributed by atoms with van der Waals surface area (Å²) in [5.74, 6) is 2.86. The number of rotatable bonds is 2. The fourth-order valence-electron chi connectivity index (χ4n) is 2.88. The Balaban J connectivity index is 1.75. The van der Waals surface area contributed by atoms with E-state index >= 15 is 0 Å². The molecule has 0 aromatic carbocycles. The average Bonchev–Trinajstić information content (AvgIpc) is 2.89. The monoisotopic (exact) mass is 298 g/mol. The fourth-order valence-corrected chi connectivity index (χ4v) is 4.21. The highest BCUT2D eigenvalue weighted by atomic mass is 32.2. The Hall–Kier alpha value is -0.660. The quantitative estimate of drug-likeness (QED) is 0.835. The van der Waals surface area contributed by atoms with Crippen molar-refractivity contribution in [2.75, 3.05) is 18.1 Å². The molecule has 2 saturated heterocycles. The molecule has 7 heteroatoms. The fraction of sp³-hybridized carbons (Fsp3) is 0.750. The summed E-state index contributed by atoms with van der Waals surface area (Å²) in [5.41, 5.74) is 5.62. The summed E-state index contributed by atoms with van der Waals surface area (Å²) in [6, 6.07) is 0.354. The van der Waals surface area contributed by atoms with Crippen molar-refractivity contribution in [2.24, 2.45) is 5.73 Å². The van der Waals surface area contributed by atoms with Gasteiger partial charge >= 0.3 is 0 Å². The highest BCUT2D eigenvalue weighted by Gasteiger charge is 2.39. The molecule has 2 N–H and O–H groups in total. The van der Waals surface area contributed by atoms with Crippen LogP contribution in [0.1, 0.15) is 37.5 Å². The van der Waals surface area contributed by atoms with Gasteiger partial charge in [0, 0.05) is 6.61 Å². The van der Waals surface area contributed by atoms with Crippen LogP contribution in [-0.2, 0) is 4.74 Å². The minimum absolute atomic E-state index is 0.0590. The Kier molecular flexibility index (Phi) is 3.77. The third-order valence-electron chi connectivity index (χ3n) is 3.97. The van der Waals surface area contributed by atoms with Gasteiger partial charge in [-0.2, -0.15) is 11.8 Å². The van der Waals surface area contributed by atoms with Crippen molar-refractivity contribution < 1.29 is 4.74 Å². The SMILES string of the molecule is NC(=S)c1ncn(C2CCOC3(CCSCC3)C2)n1. The lowest BCUT2D eigenvalue weighted by Gasteiger charge is -2.43. The molecular formula is C12H18N4OS2. The molecule has 1 atom stereocenters. The molecule has 0 amide bonds. The molecule has 1 spiro atoms. The molecule has 0 radical (unpaired) electrons. The Bertz CT molecular complexity index is 465. The molecule has 104 valence electrons. The maximum Gasteiger partial charge on any atom is 0.208 e. The van der Waals surface area contributed by atoms with Crippen LogP contribution in [0.3, 0.4) is 0 Å². The third-order valence-corrected chi connectivity index (χ3v) is 5.14. The van der Waals surface area contributed by atoms with Crippen LogP contribution in [0.25, 0.3) is 0 Å². The lowest BCUT2D eigenvalue weighted by molar-refractivity contribution is -0.100. The van der Waals surface area contributed by atoms with E-state index in [1.165, 1.54) is 11.5 Å². The topological polar surface area (TPSA) is 66.0 Å². The number of aromatic nitrogens is 3. The molecule has 0 aliphatic carbocycles. The highest BCUT2D eigenvalue weighted by Crippen LogP contribution is 2.41. The molecule has 2 aliphatic heterocycles. The van der Waals surface area contributed by atoms with Crippen molar-refractivity contribution in [3.05, 3.63) is 12.2 Å². The zero-order valence-corrected chi connectivity index (χ0v) is 12.4. The van der Waals surface area contributed by atoms with Crippen LogP contribution in [0, 0.1) is 0 Å². The third kappa shape index (κ3) is 2.78. The van der Waals surface area contributed by atoms with Gasteiger partial charge in [0.1, 0.15) is 11.3 Å². The van der Waals surface area contributed by atoms with Crippen LogP contribution < -0.4 is 5.73 Å². The summed E-state index contributed by atoms with van der Waals surface area (Å²) in [5, 5.41) is 4.39. The average molecular weight is 298 g/mol. The van der Waals surface area contributed by atoms with E-state index in [2.05, 4.69) is 10.1 Å². The first kappa shape index (κ1) is 13.3. The standard InChI is InChI=1S/C12H18N4OS2/c13-10(18)11-14-8-16(15-11)9-1-4-17-12(7-9)2-5-19-6-3-12/h8-9H,1-7H2,(H2,13,18).